The topological polar surface area (TPSA) is 102 Å². The zero-order valence-corrected chi connectivity index (χ0v) is 17.6. The number of hydrogen-bond acceptors (Lipinski definition) is 5. The molecule has 0 aliphatic heterocycles. The van der Waals surface area contributed by atoms with Gasteiger partial charge in [0.1, 0.15) is 5.82 Å². The molecule has 7 heteroatoms. The van der Waals surface area contributed by atoms with Crippen LogP contribution in [0.2, 0.25) is 0 Å². The van der Waals surface area contributed by atoms with Crippen molar-refractivity contribution in [2.45, 2.75) is 64.5 Å². The van der Waals surface area contributed by atoms with Gasteiger partial charge in [-0.1, -0.05) is 45.1 Å². The average Bonchev–Trinajstić information content (AvgIpc) is 3.07. The number of benzene rings is 1. The highest BCUT2D eigenvalue weighted by Gasteiger charge is 2.16. The Kier molecular flexibility index (Phi) is 9.83. The van der Waals surface area contributed by atoms with E-state index >= 15 is 0 Å². The maximum atomic E-state index is 11.2. The van der Waals surface area contributed by atoms with E-state index in [0.717, 1.165) is 41.7 Å². The van der Waals surface area contributed by atoms with Gasteiger partial charge in [-0.25, -0.2) is 10.5 Å². The summed E-state index contributed by atoms with van der Waals surface area (Å²) in [5, 5.41) is 8.60. The van der Waals surface area contributed by atoms with Crippen LogP contribution in [0.5, 0.6) is 0 Å². The highest BCUT2D eigenvalue weighted by atomic mass is 16.5. The van der Waals surface area contributed by atoms with Crippen LogP contribution in [-0.2, 0) is 22.5 Å². The Bertz CT molecular complexity index is 801. The number of aromatic nitrogens is 2. The molecule has 29 heavy (non-hydrogen) atoms. The number of fused-ring (bicyclic) bond motifs is 1. The summed E-state index contributed by atoms with van der Waals surface area (Å²) in [7, 11) is 1.77. The minimum Gasteiger partial charge on any atom is -0.381 e. The Morgan fingerprint density at radius 3 is 2.83 bits per heavy atom. The van der Waals surface area contributed by atoms with Gasteiger partial charge in [-0.2, -0.15) is 0 Å². The summed E-state index contributed by atoms with van der Waals surface area (Å²) >= 11 is 0. The number of carbonyl (C=O) groups is 1. The molecular formula is C22H34N4O3. The van der Waals surface area contributed by atoms with E-state index < -0.39 is 5.91 Å². The molecular weight excluding hydrogens is 368 g/mol. The molecule has 0 spiro atoms. The summed E-state index contributed by atoms with van der Waals surface area (Å²) < 4.78 is 7.89. The summed E-state index contributed by atoms with van der Waals surface area (Å²) in [4.78, 5) is 16.0. The standard InChI is InChI=1S/C22H34N4O3/c1-3-4-5-6-7-8-18(29-2)16-21-24-19-15-17(10-12-22(27)25-28)9-11-20(19)26(21)14-13-23/h9-12,15,18,28H,3-8,13-14,16,23H2,1-2H3,(H,25,27)/b12-10+. The first kappa shape index (κ1) is 23.1. The normalized spacial score (nSPS) is 12.7. The van der Waals surface area contributed by atoms with Crippen molar-refractivity contribution in [1.29, 1.82) is 0 Å². The maximum Gasteiger partial charge on any atom is 0.267 e. The number of ether oxygens (including phenoxy) is 1. The molecule has 160 valence electrons. The fourth-order valence-corrected chi connectivity index (χ4v) is 3.53. The Hall–Kier alpha value is -2.22. The van der Waals surface area contributed by atoms with Crippen LogP contribution < -0.4 is 11.2 Å². The molecule has 0 aliphatic rings. The van der Waals surface area contributed by atoms with Crippen LogP contribution >= 0.6 is 0 Å². The summed E-state index contributed by atoms with van der Waals surface area (Å²) in [6.07, 6.45) is 11.1. The van der Waals surface area contributed by atoms with Crippen LogP contribution in [-0.4, -0.2) is 40.4 Å². The lowest BCUT2D eigenvalue weighted by Gasteiger charge is -2.16. The summed E-state index contributed by atoms with van der Waals surface area (Å²) in [5.41, 5.74) is 10.1. The number of amides is 1. The van der Waals surface area contributed by atoms with Crippen LogP contribution in [0.1, 0.15) is 56.8 Å². The van der Waals surface area contributed by atoms with Crippen molar-refractivity contribution in [3.05, 3.63) is 35.7 Å². The van der Waals surface area contributed by atoms with Gasteiger partial charge in [-0.15, -0.1) is 0 Å². The monoisotopic (exact) mass is 402 g/mol. The number of methoxy groups -OCH3 is 1. The minimum absolute atomic E-state index is 0.137. The highest BCUT2D eigenvalue weighted by Crippen LogP contribution is 2.21. The lowest BCUT2D eigenvalue weighted by atomic mass is 10.1. The molecule has 1 aromatic heterocycles. The first-order valence-electron chi connectivity index (χ1n) is 10.5. The number of nitrogens with one attached hydrogen (secondary N) is 1. The van der Waals surface area contributed by atoms with Gasteiger partial charge in [0, 0.05) is 32.7 Å². The smallest absolute Gasteiger partial charge is 0.267 e. The Morgan fingerprint density at radius 2 is 2.14 bits per heavy atom. The average molecular weight is 403 g/mol. The number of nitrogens with two attached hydrogens (primary N) is 1. The number of hydroxylamine groups is 1. The first-order chi connectivity index (χ1) is 14.1. The maximum absolute atomic E-state index is 11.2. The number of nitrogens with zero attached hydrogens (tertiary/aromatic N) is 2. The number of hydrogen-bond donors (Lipinski definition) is 3. The van der Waals surface area contributed by atoms with Crippen LogP contribution in [0.15, 0.2) is 24.3 Å². The summed E-state index contributed by atoms with van der Waals surface area (Å²) in [6.45, 7) is 3.45. The lowest BCUT2D eigenvalue weighted by molar-refractivity contribution is -0.124. The van der Waals surface area contributed by atoms with Gasteiger partial charge in [0.25, 0.3) is 5.91 Å². The van der Waals surface area contributed by atoms with Crippen LogP contribution in [0, 0.1) is 0 Å². The molecule has 1 atom stereocenters. The van der Waals surface area contributed by atoms with Gasteiger partial charge < -0.3 is 15.0 Å². The number of carbonyl (C=O) groups excluding carboxylic acids is 1. The quantitative estimate of drug-likeness (QED) is 0.206. The second kappa shape index (κ2) is 12.4. The number of unbranched alkanes of at least 4 members (excludes halogenated alkanes) is 4. The highest BCUT2D eigenvalue weighted by molar-refractivity contribution is 5.91. The van der Waals surface area contributed by atoms with E-state index in [1.807, 2.05) is 18.2 Å². The molecule has 0 saturated heterocycles. The summed E-state index contributed by atoms with van der Waals surface area (Å²) in [5.74, 6) is 0.404. The van der Waals surface area contributed by atoms with E-state index in [2.05, 4.69) is 11.5 Å². The van der Waals surface area contributed by atoms with Crippen LogP contribution in [0.25, 0.3) is 17.1 Å². The van der Waals surface area contributed by atoms with Gasteiger partial charge in [0.05, 0.1) is 17.1 Å². The fourth-order valence-electron chi connectivity index (χ4n) is 3.53. The summed E-state index contributed by atoms with van der Waals surface area (Å²) in [6, 6.07) is 5.84. The zero-order chi connectivity index (χ0) is 21.1. The third kappa shape index (κ3) is 6.96. The van der Waals surface area contributed by atoms with Crippen molar-refractivity contribution < 1.29 is 14.7 Å². The SMILES string of the molecule is CCCCCCCC(Cc1nc2cc(/C=C/C(=O)NO)ccc2n1CCN)OC. The van der Waals surface area contributed by atoms with Crippen LogP contribution in [0.3, 0.4) is 0 Å². The molecule has 0 bridgehead atoms. The van der Waals surface area contributed by atoms with E-state index in [0.29, 0.717) is 13.1 Å². The molecule has 0 fully saturated rings. The van der Waals surface area contributed by atoms with Gasteiger partial charge in [-0.3, -0.25) is 10.0 Å². The predicted molar refractivity (Wildman–Crippen MR) is 116 cm³/mol. The van der Waals surface area contributed by atoms with Crippen molar-refractivity contribution in [3.8, 4) is 0 Å². The third-order valence-electron chi connectivity index (χ3n) is 5.11. The molecule has 1 amide bonds. The molecule has 1 unspecified atom stereocenters. The van der Waals surface area contributed by atoms with Crippen molar-refractivity contribution in [2.24, 2.45) is 5.73 Å². The lowest BCUT2D eigenvalue weighted by Crippen LogP contribution is -2.19. The molecule has 0 saturated carbocycles. The second-order valence-corrected chi connectivity index (χ2v) is 7.29. The predicted octanol–water partition coefficient (Wildman–Crippen LogP) is 3.43. The molecule has 0 radical (unpaired) electrons. The van der Waals surface area contributed by atoms with Crippen LogP contribution in [0.4, 0.5) is 0 Å². The van der Waals surface area contributed by atoms with Gasteiger partial charge >= 0.3 is 0 Å². The Morgan fingerprint density at radius 1 is 1.34 bits per heavy atom. The van der Waals surface area contributed by atoms with E-state index in [1.165, 1.54) is 31.8 Å². The second-order valence-electron chi connectivity index (χ2n) is 7.29. The number of imidazole rings is 1. The van der Waals surface area contributed by atoms with Crippen molar-refractivity contribution in [3.63, 3.8) is 0 Å². The van der Waals surface area contributed by atoms with E-state index in [-0.39, 0.29) is 6.10 Å². The molecule has 7 nitrogen and oxygen atoms in total. The fraction of sp³-hybridized carbons (Fsp3) is 0.545. The Balaban J connectivity index is 2.16. The molecule has 4 N–H and O–H groups in total. The van der Waals surface area contributed by atoms with Gasteiger partial charge in [-0.05, 0) is 30.2 Å². The molecule has 0 aliphatic carbocycles. The third-order valence-corrected chi connectivity index (χ3v) is 5.11. The van der Waals surface area contributed by atoms with Crippen molar-refractivity contribution >= 4 is 23.0 Å². The molecule has 2 rings (SSSR count). The minimum atomic E-state index is -0.568. The number of rotatable bonds is 13. The molecule has 2 aromatic rings. The Labute approximate surface area is 172 Å². The van der Waals surface area contributed by atoms with E-state index in [9.17, 15) is 4.79 Å². The largest absolute Gasteiger partial charge is 0.381 e. The molecule has 1 heterocycles. The van der Waals surface area contributed by atoms with E-state index in [4.69, 9.17) is 20.7 Å². The van der Waals surface area contributed by atoms with E-state index in [1.54, 1.807) is 18.7 Å². The molecule has 1 aromatic carbocycles. The van der Waals surface area contributed by atoms with Crippen molar-refractivity contribution in [1.82, 2.24) is 15.0 Å². The first-order valence-corrected chi connectivity index (χ1v) is 10.5. The van der Waals surface area contributed by atoms with Gasteiger partial charge in [0.2, 0.25) is 0 Å². The zero-order valence-electron chi connectivity index (χ0n) is 17.6. The van der Waals surface area contributed by atoms with Crippen molar-refractivity contribution in [2.75, 3.05) is 13.7 Å². The van der Waals surface area contributed by atoms with Gasteiger partial charge in [0.15, 0.2) is 0 Å².